The summed E-state index contributed by atoms with van der Waals surface area (Å²) in [7, 11) is 1.66. The molecule has 0 bridgehead atoms. The van der Waals surface area contributed by atoms with Gasteiger partial charge in [0, 0.05) is 49.9 Å². The van der Waals surface area contributed by atoms with E-state index in [-0.39, 0.29) is 42.4 Å². The minimum absolute atomic E-state index is 0.0571. The van der Waals surface area contributed by atoms with Crippen LogP contribution in [0.3, 0.4) is 0 Å². The number of carbonyl (C=O) groups excluding carboxylic acids is 3. The molecule has 0 unspecified atom stereocenters. The molecule has 12 heteroatoms. The van der Waals surface area contributed by atoms with Crippen molar-refractivity contribution in [3.05, 3.63) is 65.9 Å². The number of imidazole rings is 1. The molecule has 1 aliphatic carbocycles. The van der Waals surface area contributed by atoms with Crippen LogP contribution in [0.1, 0.15) is 52.1 Å². The van der Waals surface area contributed by atoms with E-state index in [0.29, 0.717) is 31.2 Å². The third kappa shape index (κ3) is 6.25. The monoisotopic (exact) mass is 516 g/mol. The zero-order valence-electron chi connectivity index (χ0n) is 20.2. The van der Waals surface area contributed by atoms with Crippen molar-refractivity contribution in [1.82, 2.24) is 30.0 Å². The standard InChI is InChI=1S/C25H27F3N6O3/c1-33-14-20(31-15-33)34-13-19(22(32-34)25(26,27)28)24(37)30-12-11-29-23(36)18-9-7-17(8-10-18)21(35)16-5-3-2-4-6-16/h2-6,13-15,17-18H,7-12H2,1H3,(H,29,36)(H,30,37). The van der Waals surface area contributed by atoms with E-state index in [9.17, 15) is 27.6 Å². The molecule has 2 heterocycles. The highest BCUT2D eigenvalue weighted by Gasteiger charge is 2.39. The van der Waals surface area contributed by atoms with Gasteiger partial charge >= 0.3 is 6.18 Å². The van der Waals surface area contributed by atoms with Crippen LogP contribution in [0.4, 0.5) is 13.2 Å². The number of benzene rings is 1. The summed E-state index contributed by atoms with van der Waals surface area (Å²) in [5.74, 6) is -1.28. The highest BCUT2D eigenvalue weighted by atomic mass is 19.4. The number of hydrogen-bond acceptors (Lipinski definition) is 5. The van der Waals surface area contributed by atoms with Crippen molar-refractivity contribution in [2.24, 2.45) is 18.9 Å². The van der Waals surface area contributed by atoms with E-state index in [0.717, 1.165) is 10.9 Å². The fraction of sp³-hybridized carbons (Fsp3) is 0.400. The first-order chi connectivity index (χ1) is 17.6. The second-order valence-electron chi connectivity index (χ2n) is 9.06. The fourth-order valence-corrected chi connectivity index (χ4v) is 4.44. The van der Waals surface area contributed by atoms with Crippen LogP contribution >= 0.6 is 0 Å². The molecule has 37 heavy (non-hydrogen) atoms. The maximum Gasteiger partial charge on any atom is 0.435 e. The summed E-state index contributed by atoms with van der Waals surface area (Å²) in [6, 6.07) is 9.07. The molecule has 9 nitrogen and oxygen atoms in total. The number of carbonyl (C=O) groups is 3. The Kier molecular flexibility index (Phi) is 7.74. The first-order valence-corrected chi connectivity index (χ1v) is 11.9. The topological polar surface area (TPSA) is 111 Å². The van der Waals surface area contributed by atoms with Crippen LogP contribution in [0, 0.1) is 11.8 Å². The van der Waals surface area contributed by atoms with Crippen LogP contribution in [-0.4, -0.2) is 50.0 Å². The largest absolute Gasteiger partial charge is 0.435 e. The molecule has 2 aromatic heterocycles. The van der Waals surface area contributed by atoms with Gasteiger partial charge < -0.3 is 15.2 Å². The molecule has 1 aromatic carbocycles. The number of Topliss-reactive ketones (excluding diaryl/α,β-unsaturated/α-hetero) is 1. The van der Waals surface area contributed by atoms with Gasteiger partial charge in [0.25, 0.3) is 5.91 Å². The summed E-state index contributed by atoms with van der Waals surface area (Å²) in [4.78, 5) is 41.6. The number of alkyl halides is 3. The average molecular weight is 517 g/mol. The molecular weight excluding hydrogens is 489 g/mol. The molecule has 0 atom stereocenters. The molecule has 0 saturated heterocycles. The van der Waals surface area contributed by atoms with E-state index < -0.39 is 23.3 Å². The zero-order chi connectivity index (χ0) is 26.6. The highest BCUT2D eigenvalue weighted by molar-refractivity contribution is 5.98. The minimum atomic E-state index is -4.83. The van der Waals surface area contributed by atoms with Gasteiger partial charge in [0.15, 0.2) is 17.3 Å². The number of aryl methyl sites for hydroxylation is 1. The molecule has 1 saturated carbocycles. The predicted molar refractivity (Wildman–Crippen MR) is 127 cm³/mol. The number of nitrogens with zero attached hydrogens (tertiary/aromatic N) is 4. The summed E-state index contributed by atoms with van der Waals surface area (Å²) < 4.78 is 42.8. The Balaban J connectivity index is 1.25. The predicted octanol–water partition coefficient (Wildman–Crippen LogP) is 3.16. The molecule has 1 fully saturated rings. The molecule has 0 spiro atoms. The average Bonchev–Trinajstić information content (AvgIpc) is 3.53. The second-order valence-corrected chi connectivity index (χ2v) is 9.06. The molecule has 2 N–H and O–H groups in total. The van der Waals surface area contributed by atoms with Crippen molar-refractivity contribution in [1.29, 1.82) is 0 Å². The van der Waals surface area contributed by atoms with Crippen LogP contribution in [0.2, 0.25) is 0 Å². The lowest BCUT2D eigenvalue weighted by atomic mass is 9.78. The Labute approximate surface area is 211 Å². The van der Waals surface area contributed by atoms with E-state index in [4.69, 9.17) is 0 Å². The Bertz CT molecular complexity index is 1260. The fourth-order valence-electron chi connectivity index (χ4n) is 4.44. The molecular formula is C25H27F3N6O3. The van der Waals surface area contributed by atoms with Gasteiger partial charge in [0.2, 0.25) is 5.91 Å². The highest BCUT2D eigenvalue weighted by Crippen LogP contribution is 2.32. The van der Waals surface area contributed by atoms with Gasteiger partial charge in [0.05, 0.1) is 11.9 Å². The van der Waals surface area contributed by atoms with Crippen LogP contribution in [0.5, 0.6) is 0 Å². The van der Waals surface area contributed by atoms with Crippen LogP contribution in [0.25, 0.3) is 5.82 Å². The normalized spacial score (nSPS) is 17.8. The van der Waals surface area contributed by atoms with Gasteiger partial charge in [-0.15, -0.1) is 0 Å². The smallest absolute Gasteiger partial charge is 0.354 e. The SMILES string of the molecule is Cn1cnc(-n2cc(C(=O)NCCNC(=O)C3CCC(C(=O)c4ccccc4)CC3)c(C(F)(F)F)n2)c1. The number of hydrogen-bond donors (Lipinski definition) is 2. The van der Waals surface area contributed by atoms with Crippen LogP contribution in [-0.2, 0) is 18.0 Å². The van der Waals surface area contributed by atoms with Gasteiger partial charge in [-0.05, 0) is 25.7 Å². The van der Waals surface area contributed by atoms with E-state index in [1.54, 1.807) is 23.7 Å². The summed E-state index contributed by atoms with van der Waals surface area (Å²) in [5.41, 5.74) is -1.28. The maximum atomic E-state index is 13.5. The third-order valence-electron chi connectivity index (χ3n) is 6.39. The van der Waals surface area contributed by atoms with Gasteiger partial charge in [-0.1, -0.05) is 30.3 Å². The summed E-state index contributed by atoms with van der Waals surface area (Å²) in [5, 5.41) is 8.62. The van der Waals surface area contributed by atoms with Gasteiger partial charge in [-0.25, -0.2) is 9.67 Å². The first kappa shape index (κ1) is 26.1. The van der Waals surface area contributed by atoms with Gasteiger partial charge in [-0.2, -0.15) is 18.3 Å². The molecule has 0 aliphatic heterocycles. The summed E-state index contributed by atoms with van der Waals surface area (Å²) in [6.07, 6.45) is 1.39. The first-order valence-electron chi connectivity index (χ1n) is 11.9. The van der Waals surface area contributed by atoms with E-state index in [2.05, 4.69) is 20.7 Å². The van der Waals surface area contributed by atoms with Gasteiger partial charge in [0.1, 0.15) is 0 Å². The zero-order valence-corrected chi connectivity index (χ0v) is 20.2. The Morgan fingerprint density at radius 2 is 1.62 bits per heavy atom. The van der Waals surface area contributed by atoms with E-state index in [1.807, 2.05) is 18.2 Å². The molecule has 1 aliphatic rings. The number of ketones is 1. The van der Waals surface area contributed by atoms with Crippen molar-refractivity contribution in [2.45, 2.75) is 31.9 Å². The summed E-state index contributed by atoms with van der Waals surface area (Å²) in [6.45, 7) is 0.00164. The molecule has 2 amide bonds. The van der Waals surface area contributed by atoms with Crippen molar-refractivity contribution in [3.8, 4) is 5.82 Å². The minimum Gasteiger partial charge on any atom is -0.354 e. The van der Waals surface area contributed by atoms with Crippen molar-refractivity contribution in [3.63, 3.8) is 0 Å². The van der Waals surface area contributed by atoms with Crippen molar-refractivity contribution >= 4 is 17.6 Å². The van der Waals surface area contributed by atoms with E-state index in [1.165, 1.54) is 12.5 Å². The molecule has 3 aromatic rings. The lowest BCUT2D eigenvalue weighted by Gasteiger charge is -2.27. The maximum absolute atomic E-state index is 13.5. The van der Waals surface area contributed by atoms with E-state index >= 15 is 0 Å². The molecule has 0 radical (unpaired) electrons. The Morgan fingerprint density at radius 1 is 0.973 bits per heavy atom. The number of aromatic nitrogens is 4. The van der Waals surface area contributed by atoms with Crippen molar-refractivity contribution < 1.29 is 27.6 Å². The van der Waals surface area contributed by atoms with Crippen molar-refractivity contribution in [2.75, 3.05) is 13.1 Å². The number of amides is 2. The lowest BCUT2D eigenvalue weighted by Crippen LogP contribution is -2.39. The Hall–Kier alpha value is -3.96. The second kappa shape index (κ2) is 11.0. The lowest BCUT2D eigenvalue weighted by molar-refractivity contribution is -0.141. The summed E-state index contributed by atoms with van der Waals surface area (Å²) >= 11 is 0. The number of nitrogens with one attached hydrogen (secondary N) is 2. The Morgan fingerprint density at radius 3 is 2.24 bits per heavy atom. The third-order valence-corrected chi connectivity index (χ3v) is 6.39. The number of rotatable bonds is 8. The quantitative estimate of drug-likeness (QED) is 0.353. The number of halogens is 3. The molecule has 4 rings (SSSR count). The van der Waals surface area contributed by atoms with Gasteiger partial charge in [-0.3, -0.25) is 14.4 Å². The van der Waals surface area contributed by atoms with Crippen LogP contribution in [0.15, 0.2) is 49.1 Å². The molecule has 196 valence electrons. The van der Waals surface area contributed by atoms with Crippen LogP contribution < -0.4 is 10.6 Å².